The van der Waals surface area contributed by atoms with Gasteiger partial charge in [0.1, 0.15) is 0 Å². The largest absolute Gasteiger partial charge is 0.396 e. The second kappa shape index (κ2) is 9.14. The molecule has 0 spiro atoms. The molecule has 1 aliphatic rings. The van der Waals surface area contributed by atoms with Gasteiger partial charge in [0, 0.05) is 45.2 Å². The molecule has 144 valence electrons. The van der Waals surface area contributed by atoms with Crippen molar-refractivity contribution >= 4 is 11.8 Å². The predicted molar refractivity (Wildman–Crippen MR) is 102 cm³/mol. The second-order valence-electron chi connectivity index (χ2n) is 7.85. The maximum atomic E-state index is 12.6. The van der Waals surface area contributed by atoms with Crippen molar-refractivity contribution in [2.45, 2.75) is 32.7 Å². The summed E-state index contributed by atoms with van der Waals surface area (Å²) in [6.45, 7) is 6.42. The van der Waals surface area contributed by atoms with E-state index in [1.807, 2.05) is 32.0 Å². The van der Waals surface area contributed by atoms with E-state index in [0.29, 0.717) is 13.1 Å². The van der Waals surface area contributed by atoms with Gasteiger partial charge in [0.2, 0.25) is 11.8 Å². The van der Waals surface area contributed by atoms with Gasteiger partial charge in [-0.25, -0.2) is 0 Å². The summed E-state index contributed by atoms with van der Waals surface area (Å²) in [5.41, 5.74) is 0.872. The number of nitrogens with zero attached hydrogens (tertiary/aromatic N) is 2. The van der Waals surface area contributed by atoms with Crippen LogP contribution in [0.5, 0.6) is 0 Å². The predicted octanol–water partition coefficient (Wildman–Crippen LogP) is 0.897. The highest BCUT2D eigenvalue weighted by Gasteiger charge is 2.33. The van der Waals surface area contributed by atoms with E-state index < -0.39 is 6.04 Å². The number of carbonyl (C=O) groups excluding carboxylic acids is 2. The number of aliphatic hydroxyl groups excluding tert-OH is 1. The Morgan fingerprint density at radius 3 is 2.69 bits per heavy atom. The van der Waals surface area contributed by atoms with Crippen molar-refractivity contribution in [2.24, 2.45) is 5.41 Å². The van der Waals surface area contributed by atoms with Gasteiger partial charge >= 0.3 is 0 Å². The molecule has 1 aromatic rings. The molecule has 0 aromatic heterocycles. The van der Waals surface area contributed by atoms with Crippen LogP contribution in [0.3, 0.4) is 0 Å². The first-order valence-corrected chi connectivity index (χ1v) is 9.23. The maximum Gasteiger partial charge on any atom is 0.237 e. The zero-order valence-electron chi connectivity index (χ0n) is 16.1. The summed E-state index contributed by atoms with van der Waals surface area (Å²) in [6, 6.07) is 9.74. The van der Waals surface area contributed by atoms with Crippen LogP contribution in [0.2, 0.25) is 0 Å². The lowest BCUT2D eigenvalue weighted by molar-refractivity contribution is -0.139. The first-order chi connectivity index (χ1) is 12.3. The van der Waals surface area contributed by atoms with E-state index in [2.05, 4.69) is 22.3 Å². The molecule has 0 aliphatic carbocycles. The Bertz CT molecular complexity index is 604. The molecular weight excluding hydrogens is 330 g/mol. The van der Waals surface area contributed by atoms with Gasteiger partial charge in [-0.15, -0.1) is 0 Å². The molecule has 0 saturated carbocycles. The Kier molecular flexibility index (Phi) is 7.17. The van der Waals surface area contributed by atoms with E-state index in [1.54, 1.807) is 11.9 Å². The number of piperazine rings is 1. The summed E-state index contributed by atoms with van der Waals surface area (Å²) in [5.74, 6) is -0.147. The van der Waals surface area contributed by atoms with E-state index in [1.165, 1.54) is 5.56 Å². The second-order valence-corrected chi connectivity index (χ2v) is 7.85. The van der Waals surface area contributed by atoms with Crippen LogP contribution in [0.25, 0.3) is 0 Å². The highest BCUT2D eigenvalue weighted by molar-refractivity contribution is 5.88. The molecule has 2 N–H and O–H groups in total. The minimum absolute atomic E-state index is 0.0116. The van der Waals surface area contributed by atoms with Crippen molar-refractivity contribution in [1.82, 2.24) is 15.1 Å². The third kappa shape index (κ3) is 5.81. The number of benzene rings is 1. The monoisotopic (exact) mass is 361 g/mol. The van der Waals surface area contributed by atoms with Crippen LogP contribution in [-0.2, 0) is 16.0 Å². The van der Waals surface area contributed by atoms with Crippen LogP contribution < -0.4 is 5.32 Å². The average molecular weight is 361 g/mol. The van der Waals surface area contributed by atoms with E-state index in [-0.39, 0.29) is 30.3 Å². The summed E-state index contributed by atoms with van der Waals surface area (Å²) in [6.07, 6.45) is 1.02. The van der Waals surface area contributed by atoms with Crippen LogP contribution in [-0.4, -0.2) is 72.6 Å². The van der Waals surface area contributed by atoms with E-state index in [4.69, 9.17) is 0 Å². The highest BCUT2D eigenvalue weighted by atomic mass is 16.3. The van der Waals surface area contributed by atoms with Crippen molar-refractivity contribution in [3.63, 3.8) is 0 Å². The number of amides is 2. The molecule has 1 heterocycles. The first-order valence-electron chi connectivity index (χ1n) is 9.23. The topological polar surface area (TPSA) is 72.9 Å². The molecule has 2 amide bonds. The molecule has 1 aromatic carbocycles. The van der Waals surface area contributed by atoms with Crippen LogP contribution in [0, 0.1) is 5.41 Å². The lowest BCUT2D eigenvalue weighted by Crippen LogP contribution is -2.57. The van der Waals surface area contributed by atoms with Crippen LogP contribution in [0.1, 0.15) is 25.8 Å². The fourth-order valence-corrected chi connectivity index (χ4v) is 3.27. The summed E-state index contributed by atoms with van der Waals surface area (Å²) < 4.78 is 0. The van der Waals surface area contributed by atoms with Gasteiger partial charge in [-0.1, -0.05) is 44.2 Å². The first kappa shape index (κ1) is 20.4. The lowest BCUT2D eigenvalue weighted by Gasteiger charge is -2.36. The van der Waals surface area contributed by atoms with Crippen molar-refractivity contribution in [3.05, 3.63) is 35.9 Å². The summed E-state index contributed by atoms with van der Waals surface area (Å²) in [4.78, 5) is 28.7. The molecule has 6 heteroatoms. The fourth-order valence-electron chi connectivity index (χ4n) is 3.27. The zero-order chi connectivity index (χ0) is 19.2. The van der Waals surface area contributed by atoms with Gasteiger partial charge in [-0.05, 0) is 12.0 Å². The van der Waals surface area contributed by atoms with Crippen molar-refractivity contribution in [2.75, 3.05) is 39.8 Å². The minimum atomic E-state index is -0.431. The van der Waals surface area contributed by atoms with E-state index in [9.17, 15) is 14.7 Å². The summed E-state index contributed by atoms with van der Waals surface area (Å²) in [7, 11) is 1.73. The number of carbonyl (C=O) groups is 2. The Hall–Kier alpha value is -1.92. The summed E-state index contributed by atoms with van der Waals surface area (Å²) >= 11 is 0. The van der Waals surface area contributed by atoms with Crippen LogP contribution in [0.15, 0.2) is 30.3 Å². The van der Waals surface area contributed by atoms with Gasteiger partial charge < -0.3 is 15.3 Å². The molecule has 6 nitrogen and oxygen atoms in total. The molecular formula is C20H31N3O3. The lowest BCUT2D eigenvalue weighted by atomic mass is 9.94. The third-order valence-corrected chi connectivity index (χ3v) is 4.86. The quantitative estimate of drug-likeness (QED) is 0.722. The van der Waals surface area contributed by atoms with Crippen molar-refractivity contribution in [1.29, 1.82) is 0 Å². The molecule has 1 atom stereocenters. The highest BCUT2D eigenvalue weighted by Crippen LogP contribution is 2.17. The van der Waals surface area contributed by atoms with Crippen molar-refractivity contribution < 1.29 is 14.7 Å². The number of rotatable bonds is 8. The van der Waals surface area contributed by atoms with Gasteiger partial charge in [-0.2, -0.15) is 0 Å². The molecule has 1 unspecified atom stereocenters. The Labute approximate surface area is 156 Å². The Balaban J connectivity index is 1.96. The number of aliphatic hydroxyl groups is 1. The molecule has 1 fully saturated rings. The number of nitrogens with one attached hydrogen (secondary N) is 1. The molecule has 1 saturated heterocycles. The average Bonchev–Trinajstić information content (AvgIpc) is 2.62. The number of hydrogen-bond donors (Lipinski definition) is 2. The van der Waals surface area contributed by atoms with E-state index >= 15 is 0 Å². The molecule has 1 aliphatic heterocycles. The summed E-state index contributed by atoms with van der Waals surface area (Å²) in [5, 5.41) is 12.3. The molecule has 26 heavy (non-hydrogen) atoms. The Morgan fingerprint density at radius 2 is 2.04 bits per heavy atom. The third-order valence-electron chi connectivity index (χ3n) is 4.86. The number of hydrogen-bond acceptors (Lipinski definition) is 4. The fraction of sp³-hybridized carbons (Fsp3) is 0.600. The minimum Gasteiger partial charge on any atom is -0.396 e. The molecule has 0 radical (unpaired) electrons. The molecule has 2 rings (SSSR count). The van der Waals surface area contributed by atoms with Gasteiger partial charge in [0.15, 0.2) is 0 Å². The van der Waals surface area contributed by atoms with Crippen molar-refractivity contribution in [3.8, 4) is 0 Å². The van der Waals surface area contributed by atoms with Gasteiger partial charge in [-0.3, -0.25) is 14.5 Å². The standard InChI is InChI=1S/C20H31N3O3/c1-20(2,15-24)14-22(3)18(25)13-17-19(26)21-10-12-23(17)11-9-16-7-5-4-6-8-16/h4-8,17,24H,9-15H2,1-3H3,(H,21,26). The van der Waals surface area contributed by atoms with E-state index in [0.717, 1.165) is 19.5 Å². The van der Waals surface area contributed by atoms with Crippen LogP contribution >= 0.6 is 0 Å². The Morgan fingerprint density at radius 1 is 1.35 bits per heavy atom. The SMILES string of the molecule is CN(CC(C)(C)CO)C(=O)CC1C(=O)NCCN1CCc1ccccc1. The normalized spacial score (nSPS) is 18.5. The van der Waals surface area contributed by atoms with Crippen LogP contribution in [0.4, 0.5) is 0 Å². The maximum absolute atomic E-state index is 12.6. The molecule has 0 bridgehead atoms. The van der Waals surface area contributed by atoms with Gasteiger partial charge in [0.25, 0.3) is 0 Å². The smallest absolute Gasteiger partial charge is 0.237 e. The zero-order valence-corrected chi connectivity index (χ0v) is 16.1. The van der Waals surface area contributed by atoms with Gasteiger partial charge in [0.05, 0.1) is 12.5 Å².